The molecule has 5 rings (SSSR count). The number of aliphatic imine (C=N–C) groups is 1. The first-order valence-corrected chi connectivity index (χ1v) is 17.2. The van der Waals surface area contributed by atoms with E-state index >= 15 is 0 Å². The molecule has 256 valence electrons. The first kappa shape index (κ1) is 35.6. The van der Waals surface area contributed by atoms with Crippen LogP contribution in [0.3, 0.4) is 0 Å². The molecule has 49 heavy (non-hydrogen) atoms. The highest BCUT2D eigenvalue weighted by molar-refractivity contribution is 7.99. The highest BCUT2D eigenvalue weighted by Gasteiger charge is 2.51. The Morgan fingerprint density at radius 1 is 0.816 bits per heavy atom. The van der Waals surface area contributed by atoms with Crippen LogP contribution in [0.1, 0.15) is 64.7 Å². The van der Waals surface area contributed by atoms with E-state index in [-0.39, 0.29) is 53.4 Å². The van der Waals surface area contributed by atoms with Gasteiger partial charge in [0.1, 0.15) is 29.9 Å². The van der Waals surface area contributed by atoms with Gasteiger partial charge in [-0.15, -0.1) is 11.8 Å². The Hall–Kier alpha value is -4.74. The summed E-state index contributed by atoms with van der Waals surface area (Å²) in [7, 11) is 0. The molecule has 0 saturated carbocycles. The summed E-state index contributed by atoms with van der Waals surface area (Å²) >= 11 is 1.26. The fourth-order valence-electron chi connectivity index (χ4n) is 5.97. The van der Waals surface area contributed by atoms with Gasteiger partial charge in [-0.25, -0.2) is 14.4 Å². The maximum atomic E-state index is 13.6. The number of esters is 3. The van der Waals surface area contributed by atoms with Crippen molar-refractivity contribution in [3.63, 3.8) is 0 Å². The van der Waals surface area contributed by atoms with Crippen molar-refractivity contribution in [2.45, 2.75) is 63.4 Å². The molecule has 3 aromatic carbocycles. The fraction of sp³-hybridized carbons (Fsp3) is 0.342. The Morgan fingerprint density at radius 2 is 1.31 bits per heavy atom. The largest absolute Gasteiger partial charge is 0.511 e. The van der Waals surface area contributed by atoms with Crippen molar-refractivity contribution in [2.75, 3.05) is 12.9 Å². The Bertz CT molecular complexity index is 1720. The Kier molecular flexibility index (Phi) is 11.4. The first-order valence-electron chi connectivity index (χ1n) is 15.9. The molecule has 0 aromatic heterocycles. The Morgan fingerprint density at radius 3 is 1.80 bits per heavy atom. The number of ketones is 1. The van der Waals surface area contributed by atoms with Crippen molar-refractivity contribution in [3.8, 4) is 0 Å². The molecule has 0 bridgehead atoms. The molecule has 0 unspecified atom stereocenters. The number of hydrogen-bond acceptors (Lipinski definition) is 11. The van der Waals surface area contributed by atoms with Crippen molar-refractivity contribution >= 4 is 41.2 Å². The number of thioether (sulfide) groups is 1. The van der Waals surface area contributed by atoms with E-state index in [0.717, 1.165) is 0 Å². The molecule has 0 spiro atoms. The number of benzene rings is 3. The van der Waals surface area contributed by atoms with Crippen LogP contribution < -0.4 is 0 Å². The van der Waals surface area contributed by atoms with Crippen LogP contribution in [0.4, 0.5) is 0 Å². The molecule has 1 fully saturated rings. The number of aliphatic hydroxyl groups excluding tert-OH is 1. The van der Waals surface area contributed by atoms with Gasteiger partial charge in [-0.1, -0.05) is 68.4 Å². The normalized spacial score (nSPS) is 23.8. The molecular formula is C38H39NO9S. The second-order valence-corrected chi connectivity index (χ2v) is 13.6. The van der Waals surface area contributed by atoms with E-state index in [4.69, 9.17) is 23.9 Å². The number of allylic oxidation sites excluding steroid dienone is 2. The quantitative estimate of drug-likeness (QED) is 0.145. The molecule has 3 aromatic rings. The molecule has 0 radical (unpaired) electrons. The molecule has 5 atom stereocenters. The zero-order valence-electron chi connectivity index (χ0n) is 27.7. The van der Waals surface area contributed by atoms with Gasteiger partial charge >= 0.3 is 17.9 Å². The summed E-state index contributed by atoms with van der Waals surface area (Å²) in [6, 6.07) is 24.0. The molecular weight excluding hydrogens is 646 g/mol. The summed E-state index contributed by atoms with van der Waals surface area (Å²) in [5, 5.41) is 11.0. The van der Waals surface area contributed by atoms with Crippen LogP contribution in [-0.2, 0) is 23.7 Å². The van der Waals surface area contributed by atoms with Crippen molar-refractivity contribution in [3.05, 3.63) is 119 Å². The second-order valence-electron chi connectivity index (χ2n) is 12.7. The summed E-state index contributed by atoms with van der Waals surface area (Å²) < 4.78 is 24.3. The van der Waals surface area contributed by atoms with E-state index in [1.165, 1.54) is 11.8 Å². The molecule has 0 amide bonds. The van der Waals surface area contributed by atoms with Gasteiger partial charge in [-0.3, -0.25) is 9.79 Å². The zero-order valence-corrected chi connectivity index (χ0v) is 28.6. The zero-order chi connectivity index (χ0) is 35.1. The number of rotatable bonds is 10. The van der Waals surface area contributed by atoms with Crippen molar-refractivity contribution < 1.29 is 43.2 Å². The summed E-state index contributed by atoms with van der Waals surface area (Å²) in [5.41, 5.74) is -0.0961. The van der Waals surface area contributed by atoms with Crippen LogP contribution in [0, 0.1) is 5.41 Å². The van der Waals surface area contributed by atoms with Crippen LogP contribution in [0.5, 0.6) is 0 Å². The summed E-state index contributed by atoms with van der Waals surface area (Å²) in [6.07, 6.45) is -1.38. The SMILES string of the molecule is CS[C@@H]1O[C@H](COC(=O)c2ccccc2)[C@H](OC(=O)c2ccccc2)[C@H](OC(=O)c2ccccc2)[C@H]1N=C(C)C1=C(O)CC(C)(C)CC1=O. The number of carbonyl (C=O) groups is 4. The average molecular weight is 686 g/mol. The smallest absolute Gasteiger partial charge is 0.338 e. The minimum atomic E-state index is -1.31. The van der Waals surface area contributed by atoms with E-state index < -0.39 is 53.1 Å². The minimum absolute atomic E-state index is 0.0736. The topological polar surface area (TPSA) is 138 Å². The molecule has 2 aliphatic rings. The molecule has 10 nitrogen and oxygen atoms in total. The van der Waals surface area contributed by atoms with Gasteiger partial charge < -0.3 is 24.1 Å². The van der Waals surface area contributed by atoms with Gasteiger partial charge in [-0.2, -0.15) is 0 Å². The second kappa shape index (κ2) is 15.7. The molecule has 1 saturated heterocycles. The van der Waals surface area contributed by atoms with Crippen molar-refractivity contribution in [1.29, 1.82) is 0 Å². The highest BCUT2D eigenvalue weighted by atomic mass is 32.2. The number of aliphatic hydroxyl groups is 1. The highest BCUT2D eigenvalue weighted by Crippen LogP contribution is 2.38. The number of ether oxygens (including phenoxy) is 4. The van der Waals surface area contributed by atoms with Crippen molar-refractivity contribution in [1.82, 2.24) is 0 Å². The Balaban J connectivity index is 1.56. The van der Waals surface area contributed by atoms with Crippen LogP contribution in [-0.4, -0.2) is 77.2 Å². The average Bonchev–Trinajstić information content (AvgIpc) is 3.09. The number of hydrogen-bond donors (Lipinski definition) is 1. The number of Topliss-reactive ketones (excluding diaryl/α,β-unsaturated/α-hetero) is 1. The van der Waals surface area contributed by atoms with Gasteiger partial charge in [0, 0.05) is 18.6 Å². The van der Waals surface area contributed by atoms with E-state index in [0.29, 0.717) is 5.56 Å². The predicted octanol–water partition coefficient (Wildman–Crippen LogP) is 6.41. The summed E-state index contributed by atoms with van der Waals surface area (Å²) in [5.74, 6) is -2.38. The van der Waals surface area contributed by atoms with Crippen LogP contribution >= 0.6 is 11.8 Å². The van der Waals surface area contributed by atoms with E-state index in [2.05, 4.69) is 0 Å². The van der Waals surface area contributed by atoms with Gasteiger partial charge in [-0.05, 0) is 55.0 Å². The predicted molar refractivity (Wildman–Crippen MR) is 185 cm³/mol. The third-order valence-corrected chi connectivity index (χ3v) is 9.15. The maximum absolute atomic E-state index is 13.6. The molecule has 1 heterocycles. The van der Waals surface area contributed by atoms with Crippen LogP contribution in [0.15, 0.2) is 107 Å². The number of carbonyl (C=O) groups excluding carboxylic acids is 4. The summed E-state index contributed by atoms with van der Waals surface area (Å²) in [6.45, 7) is 5.07. The molecule has 1 aliphatic carbocycles. The monoisotopic (exact) mass is 685 g/mol. The lowest BCUT2D eigenvalue weighted by Crippen LogP contribution is -2.60. The van der Waals surface area contributed by atoms with Gasteiger partial charge in [0.05, 0.1) is 22.3 Å². The lowest BCUT2D eigenvalue weighted by atomic mass is 9.75. The Labute approximate surface area is 289 Å². The van der Waals surface area contributed by atoms with Crippen molar-refractivity contribution in [2.24, 2.45) is 10.4 Å². The lowest BCUT2D eigenvalue weighted by Gasteiger charge is -2.43. The summed E-state index contributed by atoms with van der Waals surface area (Å²) in [4.78, 5) is 58.2. The van der Waals surface area contributed by atoms with E-state index in [1.807, 2.05) is 13.8 Å². The molecule has 11 heteroatoms. The molecule has 1 N–H and O–H groups in total. The third kappa shape index (κ3) is 8.65. The number of nitrogens with zero attached hydrogens (tertiary/aromatic N) is 1. The van der Waals surface area contributed by atoms with Gasteiger partial charge in [0.25, 0.3) is 0 Å². The maximum Gasteiger partial charge on any atom is 0.338 e. The van der Waals surface area contributed by atoms with Gasteiger partial charge in [0.2, 0.25) is 0 Å². The van der Waals surface area contributed by atoms with Crippen LogP contribution in [0.25, 0.3) is 0 Å². The third-order valence-electron chi connectivity index (χ3n) is 8.30. The first-order chi connectivity index (χ1) is 23.5. The standard InChI is InChI=1S/C38H39NO9S/c1-23(30-27(40)20-38(2,3)21-28(30)41)39-31-33(48-36(44)26-18-12-7-13-19-26)32(47-35(43)25-16-10-6-11-17-25)29(46-37(31)49-4)22-45-34(42)24-14-8-5-9-15-24/h5-19,29,31-33,37,40H,20-22H2,1-4H3/t29-,31-,32+,33-,37+/m1/s1. The minimum Gasteiger partial charge on any atom is -0.511 e. The fourth-order valence-corrected chi connectivity index (χ4v) is 6.72. The van der Waals surface area contributed by atoms with E-state index in [1.54, 1.807) is 104 Å². The van der Waals surface area contributed by atoms with Gasteiger partial charge in [0.15, 0.2) is 18.0 Å². The lowest BCUT2D eigenvalue weighted by molar-refractivity contribution is -0.169. The molecule has 1 aliphatic heterocycles. The van der Waals surface area contributed by atoms with E-state index in [9.17, 15) is 24.3 Å². The van der Waals surface area contributed by atoms with Crippen LogP contribution in [0.2, 0.25) is 0 Å².